The molecule has 17 heavy (non-hydrogen) atoms. The molecule has 0 fully saturated rings. The molecule has 0 bridgehead atoms. The minimum atomic E-state index is -0.190. The molecule has 1 heterocycles. The van der Waals surface area contributed by atoms with Crippen molar-refractivity contribution in [1.82, 2.24) is 9.88 Å². The van der Waals surface area contributed by atoms with Gasteiger partial charge in [-0.3, -0.25) is 4.79 Å². The van der Waals surface area contributed by atoms with Crippen molar-refractivity contribution in [3.05, 3.63) is 35.6 Å². The average Bonchev–Trinajstić information content (AvgIpc) is 2.28. The first-order valence-corrected chi connectivity index (χ1v) is 5.68. The van der Waals surface area contributed by atoms with Gasteiger partial charge in [-0.1, -0.05) is 17.7 Å². The summed E-state index contributed by atoms with van der Waals surface area (Å²) in [5.74, 6) is -0.190. The van der Waals surface area contributed by atoms with Gasteiger partial charge in [0.25, 0.3) is 5.91 Å². The van der Waals surface area contributed by atoms with Gasteiger partial charge >= 0.3 is 0 Å². The van der Waals surface area contributed by atoms with Crippen molar-refractivity contribution in [2.24, 2.45) is 0 Å². The largest absolute Gasteiger partial charge is 0.397 e. The quantitative estimate of drug-likeness (QED) is 0.662. The average molecular weight is 254 g/mol. The Morgan fingerprint density at radius 2 is 2.35 bits per heavy atom. The van der Waals surface area contributed by atoms with E-state index in [1.807, 2.05) is 13.8 Å². The molecule has 2 N–H and O–H groups in total. The third kappa shape index (κ3) is 3.20. The number of rotatable bonds is 4. The van der Waals surface area contributed by atoms with E-state index >= 15 is 0 Å². The van der Waals surface area contributed by atoms with Crippen molar-refractivity contribution in [1.29, 1.82) is 0 Å². The van der Waals surface area contributed by atoms with Crippen molar-refractivity contribution in [3.8, 4) is 0 Å². The van der Waals surface area contributed by atoms with Crippen LogP contribution in [0.15, 0.2) is 24.9 Å². The number of hydrogen-bond acceptors (Lipinski definition) is 3. The molecular weight excluding hydrogens is 238 g/mol. The Kier molecular flexibility index (Phi) is 4.52. The van der Waals surface area contributed by atoms with E-state index in [0.717, 1.165) is 0 Å². The fourth-order valence-corrected chi connectivity index (χ4v) is 1.62. The maximum absolute atomic E-state index is 12.2. The van der Waals surface area contributed by atoms with E-state index in [2.05, 4.69) is 11.6 Å². The summed E-state index contributed by atoms with van der Waals surface area (Å²) in [4.78, 5) is 17.8. The van der Waals surface area contributed by atoms with Crippen LogP contribution in [0.1, 0.15) is 24.2 Å². The lowest BCUT2D eigenvalue weighted by Gasteiger charge is -2.25. The molecule has 0 aliphatic heterocycles. The summed E-state index contributed by atoms with van der Waals surface area (Å²) >= 11 is 5.90. The Morgan fingerprint density at radius 1 is 1.71 bits per heavy atom. The van der Waals surface area contributed by atoms with E-state index < -0.39 is 0 Å². The second-order valence-electron chi connectivity index (χ2n) is 3.95. The Balaban J connectivity index is 3.08. The number of carbonyl (C=O) groups is 1. The maximum Gasteiger partial charge on any atom is 0.257 e. The van der Waals surface area contributed by atoms with E-state index in [-0.39, 0.29) is 17.1 Å². The van der Waals surface area contributed by atoms with Crippen LogP contribution in [0.3, 0.4) is 0 Å². The summed E-state index contributed by atoms with van der Waals surface area (Å²) in [6.45, 7) is 7.94. The lowest BCUT2D eigenvalue weighted by Crippen LogP contribution is -2.37. The molecule has 0 aliphatic rings. The summed E-state index contributed by atoms with van der Waals surface area (Å²) in [6, 6.07) is 1.59. The van der Waals surface area contributed by atoms with Crippen molar-refractivity contribution < 1.29 is 4.79 Å². The fraction of sp³-hybridized carbons (Fsp3) is 0.333. The van der Waals surface area contributed by atoms with Gasteiger partial charge in [-0.15, -0.1) is 6.58 Å². The second-order valence-corrected chi connectivity index (χ2v) is 4.30. The molecule has 5 heteroatoms. The van der Waals surface area contributed by atoms with Gasteiger partial charge in [0, 0.05) is 12.6 Å². The van der Waals surface area contributed by atoms with Crippen LogP contribution >= 0.6 is 11.6 Å². The van der Waals surface area contributed by atoms with Crippen molar-refractivity contribution in [2.45, 2.75) is 19.9 Å². The molecule has 0 aliphatic carbocycles. The van der Waals surface area contributed by atoms with Crippen LogP contribution in [0.5, 0.6) is 0 Å². The van der Waals surface area contributed by atoms with E-state index in [1.54, 1.807) is 11.0 Å². The summed E-state index contributed by atoms with van der Waals surface area (Å²) in [7, 11) is 0. The third-order valence-corrected chi connectivity index (χ3v) is 2.60. The summed E-state index contributed by atoms with van der Waals surface area (Å²) in [5, 5.41) is 0.166. The van der Waals surface area contributed by atoms with Crippen LogP contribution in [0.2, 0.25) is 5.15 Å². The molecule has 1 aromatic rings. The number of carbonyl (C=O) groups excluding carboxylic acids is 1. The van der Waals surface area contributed by atoms with Crippen molar-refractivity contribution >= 4 is 23.2 Å². The van der Waals surface area contributed by atoms with Crippen LogP contribution in [0.25, 0.3) is 0 Å². The molecular formula is C12H16ClN3O. The second kappa shape index (κ2) is 5.68. The van der Waals surface area contributed by atoms with Gasteiger partial charge in [0.15, 0.2) is 0 Å². The number of amides is 1. The van der Waals surface area contributed by atoms with Gasteiger partial charge in [-0.25, -0.2) is 4.98 Å². The molecule has 1 amide bonds. The minimum Gasteiger partial charge on any atom is -0.397 e. The highest BCUT2D eigenvalue weighted by Crippen LogP contribution is 2.18. The number of nitrogen functional groups attached to an aromatic ring is 1. The fourth-order valence-electron chi connectivity index (χ4n) is 1.44. The molecule has 0 unspecified atom stereocenters. The zero-order chi connectivity index (χ0) is 13.0. The molecule has 0 atom stereocenters. The van der Waals surface area contributed by atoms with Crippen molar-refractivity contribution in [3.63, 3.8) is 0 Å². The van der Waals surface area contributed by atoms with Gasteiger partial charge in [-0.05, 0) is 19.9 Å². The van der Waals surface area contributed by atoms with Crippen LogP contribution in [-0.4, -0.2) is 28.4 Å². The summed E-state index contributed by atoms with van der Waals surface area (Å²) < 4.78 is 0. The van der Waals surface area contributed by atoms with Crippen LogP contribution in [0.4, 0.5) is 5.69 Å². The number of pyridine rings is 1. The normalized spacial score (nSPS) is 10.4. The first kappa shape index (κ1) is 13.5. The smallest absolute Gasteiger partial charge is 0.257 e. The molecule has 1 aromatic heterocycles. The highest BCUT2D eigenvalue weighted by molar-refractivity contribution is 6.32. The number of nitrogens with two attached hydrogens (primary N) is 1. The molecule has 0 saturated heterocycles. The van der Waals surface area contributed by atoms with Gasteiger partial charge < -0.3 is 10.6 Å². The highest BCUT2D eigenvalue weighted by atomic mass is 35.5. The lowest BCUT2D eigenvalue weighted by atomic mass is 10.2. The molecule has 0 saturated carbocycles. The first-order valence-electron chi connectivity index (χ1n) is 5.30. The predicted molar refractivity (Wildman–Crippen MR) is 70.0 cm³/mol. The van der Waals surface area contributed by atoms with Crippen molar-refractivity contribution in [2.75, 3.05) is 12.3 Å². The van der Waals surface area contributed by atoms with E-state index in [1.165, 1.54) is 12.3 Å². The van der Waals surface area contributed by atoms with Gasteiger partial charge in [0.05, 0.1) is 17.4 Å². The molecule has 1 rings (SSSR count). The maximum atomic E-state index is 12.2. The molecule has 4 nitrogen and oxygen atoms in total. The number of nitrogens with zero attached hydrogens (tertiary/aromatic N) is 2. The van der Waals surface area contributed by atoms with Gasteiger partial charge in [0.1, 0.15) is 5.15 Å². The third-order valence-electron chi connectivity index (χ3n) is 2.30. The first-order chi connectivity index (χ1) is 7.97. The van der Waals surface area contributed by atoms with Gasteiger partial charge in [-0.2, -0.15) is 0 Å². The Hall–Kier alpha value is -1.55. The topological polar surface area (TPSA) is 59.2 Å². The van der Waals surface area contributed by atoms with Crippen LogP contribution < -0.4 is 5.73 Å². The van der Waals surface area contributed by atoms with Gasteiger partial charge in [0.2, 0.25) is 0 Å². The summed E-state index contributed by atoms with van der Waals surface area (Å²) in [5.41, 5.74) is 6.34. The zero-order valence-corrected chi connectivity index (χ0v) is 10.7. The lowest BCUT2D eigenvalue weighted by molar-refractivity contribution is 0.0728. The van der Waals surface area contributed by atoms with Crippen LogP contribution in [-0.2, 0) is 0 Å². The number of halogens is 1. The number of anilines is 1. The summed E-state index contributed by atoms with van der Waals surface area (Å²) in [6.07, 6.45) is 3.10. The van der Waals surface area contributed by atoms with E-state index in [4.69, 9.17) is 17.3 Å². The molecule has 0 spiro atoms. The Morgan fingerprint density at radius 3 is 2.88 bits per heavy atom. The predicted octanol–water partition coefficient (Wildman–Crippen LogP) is 2.35. The SMILES string of the molecule is C=CCN(C(=O)c1cc(N)cnc1Cl)C(C)C. The molecule has 92 valence electrons. The highest BCUT2D eigenvalue weighted by Gasteiger charge is 2.20. The minimum absolute atomic E-state index is 0.0537. The number of aromatic nitrogens is 1. The zero-order valence-electron chi connectivity index (χ0n) is 9.98. The Labute approximate surface area is 106 Å². The molecule has 0 aromatic carbocycles. The van der Waals surface area contributed by atoms with E-state index in [9.17, 15) is 4.79 Å². The van der Waals surface area contributed by atoms with Crippen LogP contribution in [0, 0.1) is 0 Å². The molecule has 0 radical (unpaired) electrons. The standard InChI is InChI=1S/C12H16ClN3O/c1-4-5-16(8(2)3)12(17)10-6-9(14)7-15-11(10)13/h4,6-8H,1,5,14H2,2-3H3. The number of hydrogen-bond donors (Lipinski definition) is 1. The monoisotopic (exact) mass is 253 g/mol. The Bertz CT molecular complexity index is 432. The van der Waals surface area contributed by atoms with E-state index in [0.29, 0.717) is 17.8 Å².